The summed E-state index contributed by atoms with van der Waals surface area (Å²) < 4.78 is 22.0. The second-order valence-electron chi connectivity index (χ2n) is 6.76. The minimum Gasteiger partial charge on any atom is -0.493 e. The zero-order valence-electron chi connectivity index (χ0n) is 17.4. The number of benzene rings is 2. The molecule has 1 aliphatic heterocycles. The molecule has 2 aromatic rings. The maximum atomic E-state index is 12.7. The highest BCUT2D eigenvalue weighted by Gasteiger charge is 2.22. The number of nitriles is 1. The summed E-state index contributed by atoms with van der Waals surface area (Å²) in [6.07, 6.45) is 2.38. The fraction of sp³-hybridized carbons (Fsp3) is 0.304. The molecule has 1 aliphatic rings. The van der Waals surface area contributed by atoms with Crippen LogP contribution in [0, 0.1) is 11.3 Å². The van der Waals surface area contributed by atoms with Crippen LogP contribution in [-0.4, -0.2) is 32.8 Å². The molecule has 1 amide bonds. The normalized spacial score (nSPS) is 14.9. The van der Waals surface area contributed by atoms with Gasteiger partial charge in [0, 0.05) is 29.3 Å². The minimum atomic E-state index is -0.540. The Labute approximate surface area is 175 Å². The lowest BCUT2D eigenvalue weighted by atomic mass is 10.0. The number of nitrogens with one attached hydrogen (secondary N) is 1. The first-order chi connectivity index (χ1) is 14.5. The maximum absolute atomic E-state index is 12.7. The topological polar surface area (TPSA) is 89.8 Å². The van der Waals surface area contributed by atoms with E-state index in [0.29, 0.717) is 35.1 Å². The average molecular weight is 408 g/mol. The maximum Gasteiger partial charge on any atom is 0.266 e. The van der Waals surface area contributed by atoms with Crippen molar-refractivity contribution in [2.24, 2.45) is 0 Å². The van der Waals surface area contributed by atoms with E-state index < -0.39 is 5.91 Å². The number of ether oxygens (including phenoxy) is 4. The van der Waals surface area contributed by atoms with Crippen LogP contribution in [0.25, 0.3) is 6.08 Å². The van der Waals surface area contributed by atoms with Gasteiger partial charge in [-0.3, -0.25) is 4.79 Å². The van der Waals surface area contributed by atoms with Crippen molar-refractivity contribution in [2.45, 2.75) is 26.4 Å². The van der Waals surface area contributed by atoms with Gasteiger partial charge in [-0.1, -0.05) is 0 Å². The zero-order valence-corrected chi connectivity index (χ0v) is 17.4. The van der Waals surface area contributed by atoms with Gasteiger partial charge in [0.05, 0.1) is 20.8 Å². The Hall–Kier alpha value is -3.66. The van der Waals surface area contributed by atoms with E-state index in [4.69, 9.17) is 18.9 Å². The molecular formula is C23H24N2O5. The van der Waals surface area contributed by atoms with Crippen molar-refractivity contribution in [3.05, 3.63) is 47.0 Å². The molecule has 3 rings (SSSR count). The predicted octanol–water partition coefficient (Wildman–Crippen LogP) is 3.97. The number of rotatable bonds is 7. The van der Waals surface area contributed by atoms with Crippen LogP contribution in [0.3, 0.4) is 0 Å². The van der Waals surface area contributed by atoms with Crippen molar-refractivity contribution >= 4 is 17.7 Å². The summed E-state index contributed by atoms with van der Waals surface area (Å²) in [5.74, 6) is 1.83. The van der Waals surface area contributed by atoms with E-state index in [0.717, 1.165) is 17.7 Å². The summed E-state index contributed by atoms with van der Waals surface area (Å²) in [6, 6.07) is 10.7. The molecule has 0 saturated carbocycles. The lowest BCUT2D eigenvalue weighted by molar-refractivity contribution is -0.112. The van der Waals surface area contributed by atoms with Crippen LogP contribution in [0.1, 0.15) is 25.0 Å². The molecule has 0 fully saturated rings. The second-order valence-corrected chi connectivity index (χ2v) is 6.76. The molecule has 0 aromatic heterocycles. The summed E-state index contributed by atoms with van der Waals surface area (Å²) in [7, 11) is 3.04. The number of methoxy groups -OCH3 is 2. The van der Waals surface area contributed by atoms with Crippen LogP contribution < -0.4 is 24.3 Å². The molecule has 2 aromatic carbocycles. The van der Waals surface area contributed by atoms with Gasteiger partial charge in [0.25, 0.3) is 5.91 Å². The Morgan fingerprint density at radius 3 is 2.67 bits per heavy atom. The number of anilines is 1. The Morgan fingerprint density at radius 2 is 2.00 bits per heavy atom. The summed E-state index contributed by atoms with van der Waals surface area (Å²) in [6.45, 7) is 4.34. The van der Waals surface area contributed by atoms with E-state index >= 15 is 0 Å². The quantitative estimate of drug-likeness (QED) is 0.551. The number of carbonyl (C=O) groups excluding carboxylic acids is 1. The molecule has 1 N–H and O–H groups in total. The number of carbonyl (C=O) groups is 1. The Kier molecular flexibility index (Phi) is 6.48. The molecule has 156 valence electrons. The van der Waals surface area contributed by atoms with Gasteiger partial charge < -0.3 is 24.3 Å². The van der Waals surface area contributed by atoms with Crippen molar-refractivity contribution in [2.75, 3.05) is 26.1 Å². The van der Waals surface area contributed by atoms with Crippen molar-refractivity contribution in [3.8, 4) is 29.1 Å². The van der Waals surface area contributed by atoms with E-state index in [1.165, 1.54) is 20.3 Å². The fourth-order valence-corrected chi connectivity index (χ4v) is 3.26. The van der Waals surface area contributed by atoms with E-state index in [1.807, 2.05) is 32.0 Å². The van der Waals surface area contributed by atoms with Crippen molar-refractivity contribution in [1.82, 2.24) is 0 Å². The lowest BCUT2D eigenvalue weighted by Gasteiger charge is -2.12. The SMILES string of the molecule is CCOc1cc2c(cc1/C=C(\C#N)C(=O)Nc1ccc(OC)c(OC)c1)O[C@@H](C)C2. The smallest absolute Gasteiger partial charge is 0.266 e. The summed E-state index contributed by atoms with van der Waals surface area (Å²) in [5.41, 5.74) is 2.09. The van der Waals surface area contributed by atoms with Crippen LogP contribution in [0.15, 0.2) is 35.9 Å². The molecule has 0 saturated heterocycles. The largest absolute Gasteiger partial charge is 0.493 e. The molecule has 7 nitrogen and oxygen atoms in total. The van der Waals surface area contributed by atoms with Crippen LogP contribution in [0.2, 0.25) is 0 Å². The monoisotopic (exact) mass is 408 g/mol. The zero-order chi connectivity index (χ0) is 21.7. The van der Waals surface area contributed by atoms with Gasteiger partial charge in [-0.25, -0.2) is 0 Å². The van der Waals surface area contributed by atoms with Crippen molar-refractivity contribution in [3.63, 3.8) is 0 Å². The third kappa shape index (κ3) is 4.49. The van der Waals surface area contributed by atoms with Gasteiger partial charge in [0.1, 0.15) is 29.2 Å². The summed E-state index contributed by atoms with van der Waals surface area (Å²) in [4.78, 5) is 12.7. The summed E-state index contributed by atoms with van der Waals surface area (Å²) in [5, 5.41) is 12.3. The second kappa shape index (κ2) is 9.23. The lowest BCUT2D eigenvalue weighted by Crippen LogP contribution is -2.13. The molecule has 1 atom stereocenters. The molecule has 30 heavy (non-hydrogen) atoms. The third-order valence-electron chi connectivity index (χ3n) is 4.63. The molecule has 0 spiro atoms. The number of amides is 1. The van der Waals surface area contributed by atoms with Crippen LogP contribution in [0.4, 0.5) is 5.69 Å². The van der Waals surface area contributed by atoms with Gasteiger partial charge in [-0.2, -0.15) is 5.26 Å². The fourth-order valence-electron chi connectivity index (χ4n) is 3.26. The molecule has 1 heterocycles. The van der Waals surface area contributed by atoms with Gasteiger partial charge in [0.2, 0.25) is 0 Å². The molecule has 0 bridgehead atoms. The minimum absolute atomic E-state index is 0.0586. The number of fused-ring (bicyclic) bond motifs is 1. The van der Waals surface area contributed by atoms with E-state index in [-0.39, 0.29) is 11.7 Å². The number of nitrogens with zero attached hydrogens (tertiary/aromatic N) is 1. The highest BCUT2D eigenvalue weighted by atomic mass is 16.5. The van der Waals surface area contributed by atoms with Crippen molar-refractivity contribution in [1.29, 1.82) is 5.26 Å². The Bertz CT molecular complexity index is 1020. The molecule has 7 heteroatoms. The van der Waals surface area contributed by atoms with E-state index in [1.54, 1.807) is 18.2 Å². The molecular weight excluding hydrogens is 384 g/mol. The Morgan fingerprint density at radius 1 is 1.23 bits per heavy atom. The molecule has 0 aliphatic carbocycles. The van der Waals surface area contributed by atoms with Gasteiger partial charge >= 0.3 is 0 Å². The first-order valence-electron chi connectivity index (χ1n) is 9.60. The van der Waals surface area contributed by atoms with Gasteiger partial charge in [-0.05, 0) is 44.2 Å². The van der Waals surface area contributed by atoms with Gasteiger partial charge in [0.15, 0.2) is 11.5 Å². The average Bonchev–Trinajstić information content (AvgIpc) is 3.10. The van der Waals surface area contributed by atoms with E-state index in [9.17, 15) is 10.1 Å². The van der Waals surface area contributed by atoms with Gasteiger partial charge in [-0.15, -0.1) is 0 Å². The third-order valence-corrected chi connectivity index (χ3v) is 4.63. The van der Waals surface area contributed by atoms with Crippen LogP contribution >= 0.6 is 0 Å². The number of hydrogen-bond donors (Lipinski definition) is 1. The highest BCUT2D eigenvalue weighted by molar-refractivity contribution is 6.10. The first-order valence-corrected chi connectivity index (χ1v) is 9.60. The van der Waals surface area contributed by atoms with Crippen molar-refractivity contribution < 1.29 is 23.7 Å². The standard InChI is InChI=1S/C23H24N2O5/c1-5-29-20-10-15-8-14(2)30-21(15)11-16(20)9-17(13-24)23(26)25-18-6-7-19(27-3)22(12-18)28-4/h6-7,9-12,14H,5,8H2,1-4H3,(H,25,26)/b17-9+/t14-/m0/s1. The summed E-state index contributed by atoms with van der Waals surface area (Å²) >= 11 is 0. The van der Waals surface area contributed by atoms with Crippen LogP contribution in [-0.2, 0) is 11.2 Å². The molecule has 0 unspecified atom stereocenters. The predicted molar refractivity (Wildman–Crippen MR) is 113 cm³/mol. The Balaban J connectivity index is 1.89. The van der Waals surface area contributed by atoms with E-state index in [2.05, 4.69) is 5.32 Å². The van der Waals surface area contributed by atoms with Crippen LogP contribution in [0.5, 0.6) is 23.0 Å². The number of hydrogen-bond acceptors (Lipinski definition) is 6. The highest BCUT2D eigenvalue weighted by Crippen LogP contribution is 2.36. The molecule has 0 radical (unpaired) electrons. The first kappa shape index (κ1) is 21.1.